The van der Waals surface area contributed by atoms with Crippen LogP contribution in [0.5, 0.6) is 5.75 Å². The van der Waals surface area contributed by atoms with E-state index < -0.39 is 37.1 Å². The van der Waals surface area contributed by atoms with Gasteiger partial charge in [0, 0.05) is 23.7 Å². The molecule has 1 aliphatic carbocycles. The zero-order valence-corrected chi connectivity index (χ0v) is 30.4. The summed E-state index contributed by atoms with van der Waals surface area (Å²) in [6.45, 7) is 1.65. The Morgan fingerprint density at radius 1 is 0.980 bits per heavy atom. The SMILES string of the molecule is O=C1NS(=O)(=O)[C@H](CCS(=O)(=O)Cc2ccccc2)CC/C=C/[C@H](O)[C@@H]2CC[C@H]2CN2CCCCc3cc(Cl)ccc3COc3ccc1cc32. The van der Waals surface area contributed by atoms with E-state index in [0.29, 0.717) is 48.1 Å². The van der Waals surface area contributed by atoms with Gasteiger partial charge in [0.15, 0.2) is 9.84 Å². The topological polar surface area (TPSA) is 130 Å². The summed E-state index contributed by atoms with van der Waals surface area (Å²) < 4.78 is 62.2. The van der Waals surface area contributed by atoms with Crippen molar-refractivity contribution in [3.8, 4) is 5.75 Å². The van der Waals surface area contributed by atoms with Gasteiger partial charge in [-0.2, -0.15) is 0 Å². The number of amides is 1. The normalized spacial score (nSPS) is 25.0. The molecule has 0 spiro atoms. The molecule has 0 radical (unpaired) electrons. The maximum atomic E-state index is 13.8. The number of aliphatic hydroxyl groups excluding tert-OH is 1. The minimum atomic E-state index is -4.28. The molecule has 6 rings (SSSR count). The molecule has 0 saturated heterocycles. The number of aliphatic hydroxyl groups is 1. The number of ether oxygens (including phenoxy) is 1. The smallest absolute Gasteiger partial charge is 0.264 e. The van der Waals surface area contributed by atoms with Crippen molar-refractivity contribution in [1.29, 1.82) is 0 Å². The van der Waals surface area contributed by atoms with Gasteiger partial charge in [0.1, 0.15) is 12.4 Å². The Labute approximate surface area is 300 Å². The van der Waals surface area contributed by atoms with Crippen LogP contribution in [0.3, 0.4) is 0 Å². The van der Waals surface area contributed by atoms with Crippen LogP contribution in [0.4, 0.5) is 5.69 Å². The molecule has 0 unspecified atom stereocenters. The number of hydrogen-bond acceptors (Lipinski definition) is 8. The Kier molecular flexibility index (Phi) is 11.6. The molecule has 2 N–H and O–H groups in total. The number of allylic oxidation sites excluding steroid dienone is 1. The van der Waals surface area contributed by atoms with Crippen molar-refractivity contribution >= 4 is 43.1 Å². The number of anilines is 1. The summed E-state index contributed by atoms with van der Waals surface area (Å²) >= 11 is 6.32. The lowest BCUT2D eigenvalue weighted by molar-refractivity contribution is 0.0461. The van der Waals surface area contributed by atoms with Gasteiger partial charge in [-0.25, -0.2) is 21.6 Å². The molecule has 12 heteroatoms. The fourth-order valence-electron chi connectivity index (χ4n) is 7.23. The molecule has 3 aromatic rings. The second kappa shape index (κ2) is 15.9. The number of hydrogen-bond donors (Lipinski definition) is 2. The number of sulfonamides is 1. The molecule has 9 nitrogen and oxygen atoms in total. The first kappa shape index (κ1) is 36.4. The Bertz CT molecular complexity index is 1920. The number of fused-ring (bicyclic) bond motifs is 3. The molecule has 1 amide bonds. The Morgan fingerprint density at radius 3 is 2.58 bits per heavy atom. The average Bonchev–Trinajstić information content (AvgIpc) is 3.09. The van der Waals surface area contributed by atoms with E-state index in [0.717, 1.165) is 43.2 Å². The van der Waals surface area contributed by atoms with Crippen molar-refractivity contribution in [2.75, 3.05) is 23.7 Å². The maximum Gasteiger partial charge on any atom is 0.264 e. The van der Waals surface area contributed by atoms with Crippen LogP contribution >= 0.6 is 11.6 Å². The van der Waals surface area contributed by atoms with Gasteiger partial charge < -0.3 is 14.7 Å². The quantitative estimate of drug-likeness (QED) is 0.295. The Hall–Kier alpha value is -3.38. The van der Waals surface area contributed by atoms with Gasteiger partial charge in [-0.05, 0) is 110 Å². The van der Waals surface area contributed by atoms with Crippen LogP contribution in [0.15, 0.2) is 78.9 Å². The lowest BCUT2D eigenvalue weighted by Crippen LogP contribution is -2.43. The van der Waals surface area contributed by atoms with Crippen LogP contribution in [0, 0.1) is 11.8 Å². The lowest BCUT2D eigenvalue weighted by Gasteiger charge is -2.42. The number of rotatable bonds is 5. The summed E-state index contributed by atoms with van der Waals surface area (Å²) in [5.74, 6) is -0.489. The van der Waals surface area contributed by atoms with Crippen molar-refractivity contribution < 1.29 is 31.5 Å². The number of carbonyl (C=O) groups is 1. The molecule has 4 atom stereocenters. The van der Waals surface area contributed by atoms with E-state index in [9.17, 15) is 26.7 Å². The molecule has 0 aromatic heterocycles. The summed E-state index contributed by atoms with van der Waals surface area (Å²) in [4.78, 5) is 15.9. The summed E-state index contributed by atoms with van der Waals surface area (Å²) in [6.07, 6.45) is 7.53. The van der Waals surface area contributed by atoms with E-state index >= 15 is 0 Å². The molecule has 50 heavy (non-hydrogen) atoms. The monoisotopic (exact) mass is 740 g/mol. The van der Waals surface area contributed by atoms with E-state index in [1.807, 2.05) is 18.2 Å². The van der Waals surface area contributed by atoms with Crippen LogP contribution in [-0.2, 0) is 38.6 Å². The molecule has 3 aromatic carbocycles. The molecule has 2 heterocycles. The number of nitrogens with one attached hydrogen (secondary N) is 1. The van der Waals surface area contributed by atoms with Crippen molar-refractivity contribution in [2.45, 2.75) is 75.1 Å². The Morgan fingerprint density at radius 2 is 1.80 bits per heavy atom. The molecule has 268 valence electrons. The molecule has 1 fully saturated rings. The third-order valence-corrected chi connectivity index (χ3v) is 13.9. The van der Waals surface area contributed by atoms with Gasteiger partial charge in [-0.1, -0.05) is 60.2 Å². The summed E-state index contributed by atoms with van der Waals surface area (Å²) in [7, 11) is -7.91. The van der Waals surface area contributed by atoms with Crippen LogP contribution in [0.25, 0.3) is 0 Å². The third-order valence-electron chi connectivity index (χ3n) is 10.2. The first-order chi connectivity index (χ1) is 24.0. The number of halogens is 1. The zero-order valence-electron chi connectivity index (χ0n) is 28.0. The van der Waals surface area contributed by atoms with E-state index in [1.54, 1.807) is 60.7 Å². The van der Waals surface area contributed by atoms with E-state index in [2.05, 4.69) is 9.62 Å². The minimum absolute atomic E-state index is 0.0437. The fraction of sp³-hybridized carbons (Fsp3) is 0.447. The van der Waals surface area contributed by atoms with Crippen molar-refractivity contribution in [2.24, 2.45) is 11.8 Å². The Balaban J connectivity index is 1.30. The van der Waals surface area contributed by atoms with Crippen LogP contribution < -0.4 is 14.4 Å². The fourth-order valence-corrected chi connectivity index (χ4v) is 10.5. The third kappa shape index (κ3) is 9.09. The highest BCUT2D eigenvalue weighted by molar-refractivity contribution is 7.91. The second-order valence-electron chi connectivity index (χ2n) is 13.7. The highest BCUT2D eigenvalue weighted by atomic mass is 35.5. The summed E-state index contributed by atoms with van der Waals surface area (Å²) in [6, 6.07) is 19.5. The van der Waals surface area contributed by atoms with E-state index in [4.69, 9.17) is 16.3 Å². The summed E-state index contributed by atoms with van der Waals surface area (Å²) in [5, 5.41) is 10.7. The van der Waals surface area contributed by atoms with Gasteiger partial charge in [-0.3, -0.25) is 4.79 Å². The number of benzene rings is 3. The highest BCUT2D eigenvalue weighted by Crippen LogP contribution is 2.41. The molecular weight excluding hydrogens is 696 g/mol. The molecule has 1 saturated carbocycles. The minimum Gasteiger partial charge on any atom is -0.487 e. The second-order valence-corrected chi connectivity index (χ2v) is 18.3. The van der Waals surface area contributed by atoms with Gasteiger partial charge in [0.05, 0.1) is 28.5 Å². The van der Waals surface area contributed by atoms with E-state index in [1.165, 1.54) is 0 Å². The molecule has 2 aliphatic heterocycles. The first-order valence-corrected chi connectivity index (χ1v) is 21.2. The van der Waals surface area contributed by atoms with Crippen molar-refractivity contribution in [3.05, 3.63) is 106 Å². The van der Waals surface area contributed by atoms with Crippen LogP contribution in [0.1, 0.15) is 72.0 Å². The maximum absolute atomic E-state index is 13.8. The van der Waals surface area contributed by atoms with Crippen LogP contribution in [-0.4, -0.2) is 58.0 Å². The molecule has 3 aliphatic rings. The van der Waals surface area contributed by atoms with Gasteiger partial charge in [0.2, 0.25) is 10.0 Å². The standard InChI is InChI=1S/C38H45ClN2O7S2/c39-32-16-13-31-25-48-37-18-15-29-23-35(37)41(20-7-6-10-28(31)22-32)24-30-14-17-34(30)36(42)12-5-4-11-33(50(46,47)40-38(29)43)19-21-49(44,45)26-27-8-2-1-3-9-27/h1-3,5,8-9,12-13,15-16,18,22-23,30,33-34,36,42H,4,6-7,10-11,14,17,19-21,24-26H2,(H,40,43)/b12-5+/t30-,33-,34+,36-/m0/s1. The first-order valence-electron chi connectivity index (χ1n) is 17.4. The van der Waals surface area contributed by atoms with E-state index in [-0.39, 0.29) is 41.7 Å². The zero-order chi connectivity index (χ0) is 35.3. The van der Waals surface area contributed by atoms with Gasteiger partial charge in [0.25, 0.3) is 5.91 Å². The molecular formula is C38H45ClN2O7S2. The average molecular weight is 741 g/mol. The number of sulfone groups is 1. The largest absolute Gasteiger partial charge is 0.487 e. The lowest BCUT2D eigenvalue weighted by atomic mass is 9.70. The summed E-state index contributed by atoms with van der Waals surface area (Å²) in [5.41, 5.74) is 3.65. The predicted octanol–water partition coefficient (Wildman–Crippen LogP) is 6.23. The van der Waals surface area contributed by atoms with Gasteiger partial charge in [-0.15, -0.1) is 0 Å². The number of nitrogens with zero attached hydrogens (tertiary/aromatic N) is 1. The van der Waals surface area contributed by atoms with Gasteiger partial charge >= 0.3 is 0 Å². The van der Waals surface area contributed by atoms with Crippen molar-refractivity contribution in [3.63, 3.8) is 0 Å². The van der Waals surface area contributed by atoms with Crippen LogP contribution in [0.2, 0.25) is 5.02 Å². The highest BCUT2D eigenvalue weighted by Gasteiger charge is 2.37. The van der Waals surface area contributed by atoms with Crippen molar-refractivity contribution in [1.82, 2.24) is 4.72 Å². The number of aryl methyl sites for hydroxylation is 1. The number of carbonyl (C=O) groups excluding carboxylic acids is 1. The predicted molar refractivity (Wildman–Crippen MR) is 197 cm³/mol. The molecule has 2 bridgehead atoms.